The van der Waals surface area contributed by atoms with Gasteiger partial charge in [-0.2, -0.15) is 0 Å². The largest absolute Gasteiger partial charge is 0.377 e. The van der Waals surface area contributed by atoms with Gasteiger partial charge in [-0.3, -0.25) is 0 Å². The lowest BCUT2D eigenvalue weighted by atomic mass is 10.0. The lowest BCUT2D eigenvalue weighted by Crippen LogP contribution is -1.95. The second-order valence-electron chi connectivity index (χ2n) is 8.20. The van der Waals surface area contributed by atoms with Gasteiger partial charge in [0.05, 0.1) is 6.61 Å². The Balaban J connectivity index is 1.67. The van der Waals surface area contributed by atoms with Crippen molar-refractivity contribution in [2.45, 2.75) is 123 Å². The van der Waals surface area contributed by atoms with E-state index in [4.69, 9.17) is 4.74 Å². The van der Waals surface area contributed by atoms with E-state index >= 15 is 0 Å². The minimum atomic E-state index is 0.764. The Morgan fingerprint density at radius 1 is 0.519 bits per heavy atom. The second kappa shape index (κ2) is 19.9. The van der Waals surface area contributed by atoms with Gasteiger partial charge in [-0.1, -0.05) is 140 Å². The zero-order valence-electron chi connectivity index (χ0n) is 18.2. The van der Waals surface area contributed by atoms with Gasteiger partial charge in [0.2, 0.25) is 0 Å². The van der Waals surface area contributed by atoms with Crippen LogP contribution in [0.2, 0.25) is 0 Å². The van der Waals surface area contributed by atoms with E-state index in [1.165, 1.54) is 115 Å². The van der Waals surface area contributed by atoms with Crippen LogP contribution in [0.15, 0.2) is 30.3 Å². The first-order chi connectivity index (χ1) is 13.4. The van der Waals surface area contributed by atoms with Crippen molar-refractivity contribution in [3.05, 3.63) is 35.9 Å². The zero-order chi connectivity index (χ0) is 19.3. The summed E-state index contributed by atoms with van der Waals surface area (Å²) in [7, 11) is 0. The molecule has 1 rings (SSSR count). The van der Waals surface area contributed by atoms with Crippen molar-refractivity contribution in [3.63, 3.8) is 0 Å². The van der Waals surface area contributed by atoms with Crippen LogP contribution in [-0.4, -0.2) is 6.61 Å². The van der Waals surface area contributed by atoms with Crippen molar-refractivity contribution in [1.29, 1.82) is 0 Å². The minimum absolute atomic E-state index is 0.764. The van der Waals surface area contributed by atoms with E-state index in [2.05, 4.69) is 37.3 Å². The fourth-order valence-electron chi connectivity index (χ4n) is 3.69. The summed E-state index contributed by atoms with van der Waals surface area (Å²) in [5.41, 5.74) is 1.28. The number of rotatable bonds is 20. The molecule has 0 aliphatic rings. The molecule has 1 aromatic carbocycles. The van der Waals surface area contributed by atoms with Gasteiger partial charge in [-0.15, -0.1) is 0 Å². The molecular formula is C26H46O. The first kappa shape index (κ1) is 24.2. The summed E-state index contributed by atoms with van der Waals surface area (Å²) in [4.78, 5) is 0. The van der Waals surface area contributed by atoms with Crippen LogP contribution in [0.1, 0.15) is 122 Å². The van der Waals surface area contributed by atoms with E-state index in [0.717, 1.165) is 13.2 Å². The lowest BCUT2D eigenvalue weighted by molar-refractivity contribution is 0.116. The molecule has 0 aliphatic carbocycles. The molecule has 0 bridgehead atoms. The maximum atomic E-state index is 5.74. The average molecular weight is 375 g/mol. The first-order valence-corrected chi connectivity index (χ1v) is 12.0. The number of hydrogen-bond acceptors (Lipinski definition) is 1. The molecular weight excluding hydrogens is 328 g/mol. The van der Waals surface area contributed by atoms with Crippen LogP contribution in [0.25, 0.3) is 0 Å². The molecule has 0 aromatic heterocycles. The average Bonchev–Trinajstić information content (AvgIpc) is 2.70. The molecule has 0 saturated carbocycles. The highest BCUT2D eigenvalue weighted by atomic mass is 16.5. The Labute approximate surface area is 170 Å². The molecule has 0 saturated heterocycles. The van der Waals surface area contributed by atoms with Gasteiger partial charge < -0.3 is 4.74 Å². The van der Waals surface area contributed by atoms with Crippen LogP contribution < -0.4 is 0 Å². The van der Waals surface area contributed by atoms with Crippen LogP contribution in [0.4, 0.5) is 0 Å². The fourth-order valence-corrected chi connectivity index (χ4v) is 3.69. The molecule has 0 radical (unpaired) electrons. The predicted molar refractivity (Wildman–Crippen MR) is 120 cm³/mol. The molecule has 0 heterocycles. The Bertz CT molecular complexity index is 386. The van der Waals surface area contributed by atoms with E-state index < -0.39 is 0 Å². The number of hydrogen-bond donors (Lipinski definition) is 0. The van der Waals surface area contributed by atoms with Gasteiger partial charge in [0.15, 0.2) is 0 Å². The molecule has 27 heavy (non-hydrogen) atoms. The smallest absolute Gasteiger partial charge is 0.0716 e. The second-order valence-corrected chi connectivity index (χ2v) is 8.20. The van der Waals surface area contributed by atoms with Crippen LogP contribution in [0, 0.1) is 0 Å². The maximum Gasteiger partial charge on any atom is 0.0716 e. The normalized spacial score (nSPS) is 11.1. The molecule has 0 spiro atoms. The number of unbranched alkanes of at least 4 members (excludes halogenated alkanes) is 16. The molecule has 0 N–H and O–H groups in total. The molecule has 1 nitrogen and oxygen atoms in total. The third-order valence-electron chi connectivity index (χ3n) is 5.50. The highest BCUT2D eigenvalue weighted by Crippen LogP contribution is 2.14. The number of benzene rings is 1. The number of ether oxygens (including phenoxy) is 1. The first-order valence-electron chi connectivity index (χ1n) is 12.0. The van der Waals surface area contributed by atoms with Crippen molar-refractivity contribution in [2.75, 3.05) is 6.61 Å². The van der Waals surface area contributed by atoms with Crippen molar-refractivity contribution < 1.29 is 4.74 Å². The Kier molecular flexibility index (Phi) is 17.9. The van der Waals surface area contributed by atoms with Crippen molar-refractivity contribution in [1.82, 2.24) is 0 Å². The van der Waals surface area contributed by atoms with Crippen LogP contribution in [0.3, 0.4) is 0 Å². The van der Waals surface area contributed by atoms with E-state index in [0.29, 0.717) is 0 Å². The Morgan fingerprint density at radius 2 is 0.926 bits per heavy atom. The van der Waals surface area contributed by atoms with Gasteiger partial charge in [-0.25, -0.2) is 0 Å². The van der Waals surface area contributed by atoms with Gasteiger partial charge in [-0.05, 0) is 12.0 Å². The molecule has 1 heteroatoms. The van der Waals surface area contributed by atoms with Gasteiger partial charge in [0, 0.05) is 6.61 Å². The molecule has 0 aliphatic heterocycles. The summed E-state index contributed by atoms with van der Waals surface area (Å²) < 4.78 is 5.74. The molecule has 1 aromatic rings. The van der Waals surface area contributed by atoms with Crippen molar-refractivity contribution in [2.24, 2.45) is 0 Å². The zero-order valence-corrected chi connectivity index (χ0v) is 18.2. The minimum Gasteiger partial charge on any atom is -0.377 e. The van der Waals surface area contributed by atoms with Crippen LogP contribution >= 0.6 is 0 Å². The summed E-state index contributed by atoms with van der Waals surface area (Å²) in [6.07, 6.45) is 24.2. The van der Waals surface area contributed by atoms with E-state index in [9.17, 15) is 0 Å². The van der Waals surface area contributed by atoms with E-state index in [-0.39, 0.29) is 0 Å². The van der Waals surface area contributed by atoms with Crippen molar-refractivity contribution >= 4 is 0 Å². The summed E-state index contributed by atoms with van der Waals surface area (Å²) >= 11 is 0. The standard InChI is InChI=1S/C26H46O/c1-2-3-4-5-6-7-8-9-10-11-12-13-14-15-16-17-21-24-27-25-26-22-19-18-20-23-26/h18-20,22-23H,2-17,21,24-25H2,1H3. The fraction of sp³-hybridized carbons (Fsp3) is 0.769. The van der Waals surface area contributed by atoms with Gasteiger partial charge >= 0.3 is 0 Å². The summed E-state index contributed by atoms with van der Waals surface area (Å²) in [6.45, 7) is 3.97. The third kappa shape index (κ3) is 17.0. The van der Waals surface area contributed by atoms with Crippen LogP contribution in [-0.2, 0) is 11.3 Å². The van der Waals surface area contributed by atoms with Crippen LogP contribution in [0.5, 0.6) is 0 Å². The Morgan fingerprint density at radius 3 is 1.37 bits per heavy atom. The van der Waals surface area contributed by atoms with E-state index in [1.807, 2.05) is 0 Å². The predicted octanol–water partition coefficient (Wildman–Crippen LogP) is 8.85. The monoisotopic (exact) mass is 374 g/mol. The third-order valence-corrected chi connectivity index (χ3v) is 5.50. The summed E-state index contributed by atoms with van der Waals surface area (Å²) in [5.74, 6) is 0. The van der Waals surface area contributed by atoms with Crippen molar-refractivity contribution in [3.8, 4) is 0 Å². The quantitative estimate of drug-likeness (QED) is 0.207. The molecule has 0 atom stereocenters. The molecule has 0 amide bonds. The Hall–Kier alpha value is -0.820. The van der Waals surface area contributed by atoms with Gasteiger partial charge in [0.25, 0.3) is 0 Å². The summed E-state index contributed by atoms with van der Waals surface area (Å²) in [6, 6.07) is 10.5. The maximum absolute atomic E-state index is 5.74. The van der Waals surface area contributed by atoms with E-state index in [1.54, 1.807) is 0 Å². The highest BCUT2D eigenvalue weighted by Gasteiger charge is 1.96. The SMILES string of the molecule is CCCCCCCCCCCCCCCCCCCOCc1ccccc1. The highest BCUT2D eigenvalue weighted by molar-refractivity contribution is 5.13. The van der Waals surface area contributed by atoms with Gasteiger partial charge in [0.1, 0.15) is 0 Å². The topological polar surface area (TPSA) is 9.23 Å². The lowest BCUT2D eigenvalue weighted by Gasteiger charge is -2.05. The molecule has 0 unspecified atom stereocenters. The summed E-state index contributed by atoms with van der Waals surface area (Å²) in [5, 5.41) is 0. The molecule has 156 valence electrons. The molecule has 0 fully saturated rings.